The van der Waals surface area contributed by atoms with E-state index in [0.29, 0.717) is 18.5 Å². The first-order valence-corrected chi connectivity index (χ1v) is 7.68. The van der Waals surface area contributed by atoms with E-state index in [1.165, 1.54) is 0 Å². The van der Waals surface area contributed by atoms with Crippen molar-refractivity contribution in [1.29, 1.82) is 0 Å². The number of hydrogen-bond acceptors (Lipinski definition) is 3. The van der Waals surface area contributed by atoms with E-state index < -0.39 is 0 Å². The van der Waals surface area contributed by atoms with Crippen LogP contribution in [0.1, 0.15) is 43.6 Å². The highest BCUT2D eigenvalue weighted by atomic mass is 35.5. The summed E-state index contributed by atoms with van der Waals surface area (Å²) in [6.07, 6.45) is 0. The smallest absolute Gasteiger partial charge is 0.251 e. The van der Waals surface area contributed by atoms with Crippen molar-refractivity contribution >= 4 is 36.4 Å². The Bertz CT molecular complexity index is 481. The molecule has 0 aliphatic rings. The maximum Gasteiger partial charge on any atom is 0.251 e. The molecule has 1 amide bonds. The SMILES string of the molecule is CNC(C)CNC(=O)c1cccc(NC(C)C(C)C)c1C.Cl.Cl. The van der Waals surface area contributed by atoms with E-state index in [0.717, 1.165) is 16.8 Å². The monoisotopic (exact) mass is 363 g/mol. The number of hydrogen-bond donors (Lipinski definition) is 3. The number of nitrogens with one attached hydrogen (secondary N) is 3. The third-order valence-electron chi connectivity index (χ3n) is 4.02. The van der Waals surface area contributed by atoms with Crippen LogP contribution in [0.25, 0.3) is 0 Å². The molecular formula is C17H31Cl2N3O. The molecule has 0 fully saturated rings. The van der Waals surface area contributed by atoms with Crippen molar-refractivity contribution < 1.29 is 4.79 Å². The average molecular weight is 364 g/mol. The van der Waals surface area contributed by atoms with Crippen molar-refractivity contribution in [3.63, 3.8) is 0 Å². The van der Waals surface area contributed by atoms with E-state index in [4.69, 9.17) is 0 Å². The van der Waals surface area contributed by atoms with Gasteiger partial charge in [0.1, 0.15) is 0 Å². The summed E-state index contributed by atoms with van der Waals surface area (Å²) in [6, 6.07) is 6.46. The third kappa shape index (κ3) is 7.42. The van der Waals surface area contributed by atoms with Crippen LogP contribution in [0.2, 0.25) is 0 Å². The molecule has 1 rings (SSSR count). The number of anilines is 1. The minimum atomic E-state index is -0.0181. The molecule has 0 aliphatic carbocycles. The summed E-state index contributed by atoms with van der Waals surface area (Å²) >= 11 is 0. The summed E-state index contributed by atoms with van der Waals surface area (Å²) < 4.78 is 0. The van der Waals surface area contributed by atoms with Crippen LogP contribution in [0.15, 0.2) is 18.2 Å². The minimum Gasteiger partial charge on any atom is -0.382 e. The Balaban J connectivity index is 0. The molecular weight excluding hydrogens is 333 g/mol. The van der Waals surface area contributed by atoms with E-state index >= 15 is 0 Å². The van der Waals surface area contributed by atoms with Crippen molar-refractivity contribution in [2.24, 2.45) is 5.92 Å². The highest BCUT2D eigenvalue weighted by Gasteiger charge is 2.14. The molecule has 6 heteroatoms. The number of carbonyl (C=O) groups is 1. The van der Waals surface area contributed by atoms with Gasteiger partial charge in [0, 0.05) is 29.9 Å². The van der Waals surface area contributed by atoms with E-state index in [1.807, 2.05) is 39.1 Å². The molecule has 0 saturated heterocycles. The lowest BCUT2D eigenvalue weighted by atomic mass is 10.0. The van der Waals surface area contributed by atoms with Crippen LogP contribution in [0, 0.1) is 12.8 Å². The van der Waals surface area contributed by atoms with Gasteiger partial charge in [0.15, 0.2) is 0 Å². The van der Waals surface area contributed by atoms with E-state index in [1.54, 1.807) is 0 Å². The van der Waals surface area contributed by atoms with Gasteiger partial charge in [-0.15, -0.1) is 24.8 Å². The van der Waals surface area contributed by atoms with Gasteiger partial charge in [-0.05, 0) is 51.4 Å². The Kier molecular flexibility index (Phi) is 12.2. The van der Waals surface area contributed by atoms with Crippen LogP contribution in [-0.4, -0.2) is 31.6 Å². The number of halogens is 2. The molecule has 2 unspecified atom stereocenters. The Morgan fingerprint density at radius 3 is 2.26 bits per heavy atom. The summed E-state index contributed by atoms with van der Waals surface area (Å²) in [5.74, 6) is 0.522. The van der Waals surface area contributed by atoms with Crippen molar-refractivity contribution in [3.05, 3.63) is 29.3 Å². The number of carbonyl (C=O) groups excluding carboxylic acids is 1. The minimum absolute atomic E-state index is 0. The average Bonchev–Trinajstić information content (AvgIpc) is 2.46. The first-order valence-electron chi connectivity index (χ1n) is 7.68. The van der Waals surface area contributed by atoms with Gasteiger partial charge >= 0.3 is 0 Å². The Hall–Kier alpha value is -0.970. The Morgan fingerprint density at radius 2 is 1.74 bits per heavy atom. The molecule has 0 bridgehead atoms. The van der Waals surface area contributed by atoms with Gasteiger partial charge in [-0.2, -0.15) is 0 Å². The van der Waals surface area contributed by atoms with Crippen molar-refractivity contribution in [1.82, 2.24) is 10.6 Å². The second-order valence-electron chi connectivity index (χ2n) is 6.05. The zero-order valence-corrected chi connectivity index (χ0v) is 16.5. The number of benzene rings is 1. The molecule has 0 spiro atoms. The van der Waals surface area contributed by atoms with Crippen molar-refractivity contribution in [2.75, 3.05) is 18.9 Å². The van der Waals surface area contributed by atoms with Crippen molar-refractivity contribution in [2.45, 2.75) is 46.7 Å². The maximum atomic E-state index is 12.3. The van der Waals surface area contributed by atoms with Crippen LogP contribution >= 0.6 is 24.8 Å². The summed E-state index contributed by atoms with van der Waals surface area (Å²) in [5, 5.41) is 9.56. The highest BCUT2D eigenvalue weighted by molar-refractivity contribution is 5.97. The van der Waals surface area contributed by atoms with Gasteiger partial charge in [0.05, 0.1) is 0 Å². The van der Waals surface area contributed by atoms with E-state index in [2.05, 4.69) is 36.7 Å². The quantitative estimate of drug-likeness (QED) is 0.693. The lowest BCUT2D eigenvalue weighted by Crippen LogP contribution is -2.37. The second-order valence-corrected chi connectivity index (χ2v) is 6.05. The summed E-state index contributed by atoms with van der Waals surface area (Å²) in [6.45, 7) is 11.2. The molecule has 0 radical (unpaired) electrons. The van der Waals surface area contributed by atoms with Crippen LogP contribution in [0.4, 0.5) is 5.69 Å². The molecule has 0 aromatic heterocycles. The first kappa shape index (κ1) is 24.3. The number of amides is 1. The van der Waals surface area contributed by atoms with Gasteiger partial charge in [0.25, 0.3) is 5.91 Å². The lowest BCUT2D eigenvalue weighted by Gasteiger charge is -2.21. The van der Waals surface area contributed by atoms with Crippen LogP contribution in [-0.2, 0) is 0 Å². The zero-order chi connectivity index (χ0) is 16.0. The highest BCUT2D eigenvalue weighted by Crippen LogP contribution is 2.21. The molecule has 1 aromatic rings. The molecule has 0 aliphatic heterocycles. The van der Waals surface area contributed by atoms with Gasteiger partial charge in [-0.1, -0.05) is 19.9 Å². The molecule has 4 nitrogen and oxygen atoms in total. The molecule has 0 heterocycles. The van der Waals surface area contributed by atoms with Gasteiger partial charge in [0.2, 0.25) is 0 Å². The summed E-state index contributed by atoms with van der Waals surface area (Å²) in [4.78, 5) is 12.3. The second kappa shape index (κ2) is 11.5. The third-order valence-corrected chi connectivity index (χ3v) is 4.02. The number of likely N-dealkylation sites (N-methyl/N-ethyl adjacent to an activating group) is 1. The predicted molar refractivity (Wildman–Crippen MR) is 104 cm³/mol. The molecule has 1 aromatic carbocycles. The van der Waals surface area contributed by atoms with Crippen LogP contribution in [0.3, 0.4) is 0 Å². The fourth-order valence-corrected chi connectivity index (χ4v) is 1.89. The first-order chi connectivity index (χ1) is 9.86. The summed E-state index contributed by atoms with van der Waals surface area (Å²) in [7, 11) is 1.89. The summed E-state index contributed by atoms with van der Waals surface area (Å²) in [5.41, 5.74) is 2.77. The van der Waals surface area contributed by atoms with Gasteiger partial charge in [-0.3, -0.25) is 4.79 Å². The fraction of sp³-hybridized carbons (Fsp3) is 0.588. The Morgan fingerprint density at radius 1 is 1.13 bits per heavy atom. The molecule has 2 atom stereocenters. The van der Waals surface area contributed by atoms with Crippen molar-refractivity contribution in [3.8, 4) is 0 Å². The topological polar surface area (TPSA) is 53.2 Å². The fourth-order valence-electron chi connectivity index (χ4n) is 1.89. The molecule has 23 heavy (non-hydrogen) atoms. The standard InChI is InChI=1S/C17H29N3O.2ClH/c1-11(2)14(5)20-16-9-7-8-15(13(16)4)17(21)19-10-12(3)18-6;;/h7-9,11-12,14,18,20H,10H2,1-6H3,(H,19,21);2*1H. The lowest BCUT2D eigenvalue weighted by molar-refractivity contribution is 0.0950. The van der Waals surface area contributed by atoms with E-state index in [9.17, 15) is 4.79 Å². The largest absolute Gasteiger partial charge is 0.382 e. The normalized spacial score (nSPS) is 12.7. The molecule has 3 N–H and O–H groups in total. The zero-order valence-electron chi connectivity index (χ0n) is 14.9. The van der Waals surface area contributed by atoms with E-state index in [-0.39, 0.29) is 36.8 Å². The van der Waals surface area contributed by atoms with Gasteiger partial charge < -0.3 is 16.0 Å². The maximum absolute atomic E-state index is 12.3. The van der Waals surface area contributed by atoms with Gasteiger partial charge in [-0.25, -0.2) is 0 Å². The molecule has 0 saturated carbocycles. The number of rotatable bonds is 7. The Labute approximate surface area is 153 Å². The predicted octanol–water partition coefficient (Wildman–Crippen LogP) is 3.63. The molecule has 134 valence electrons. The van der Waals surface area contributed by atoms with Crippen LogP contribution in [0.5, 0.6) is 0 Å². The van der Waals surface area contributed by atoms with Crippen LogP contribution < -0.4 is 16.0 Å².